The Hall–Kier alpha value is -3.99. The smallest absolute Gasteiger partial charge is 0.163 e. The number of para-hydroxylation sites is 1. The number of aliphatic hydroxyl groups is 1. The van der Waals surface area contributed by atoms with Crippen LogP contribution in [0.1, 0.15) is 31.4 Å². The van der Waals surface area contributed by atoms with Gasteiger partial charge in [-0.3, -0.25) is 4.98 Å². The van der Waals surface area contributed by atoms with Gasteiger partial charge in [0.25, 0.3) is 0 Å². The molecule has 0 spiro atoms. The predicted molar refractivity (Wildman–Crippen MR) is 141 cm³/mol. The first kappa shape index (κ1) is 22.5. The van der Waals surface area contributed by atoms with Crippen molar-refractivity contribution >= 4 is 39.1 Å². The first-order chi connectivity index (χ1) is 17.6. The van der Waals surface area contributed by atoms with Gasteiger partial charge in [0.2, 0.25) is 0 Å². The van der Waals surface area contributed by atoms with Crippen LogP contribution in [-0.2, 0) is 0 Å². The standard InChI is InChI=1S/C28H23ClN6O/c29-28-27-22(18-12-17-4-1-2-6-23(17)31-15-18)5-3-7-26(27)35(34-28)20-13-24(25(14-30)32-16-20)33-19-8-10-21(36)11-9-19/h1-7,12-13,15-16,19,21,33,36H,8-11H2/t19-,21-. The molecule has 178 valence electrons. The summed E-state index contributed by atoms with van der Waals surface area (Å²) in [6.45, 7) is 0. The van der Waals surface area contributed by atoms with Crippen molar-refractivity contribution in [2.24, 2.45) is 0 Å². The number of hydrogen-bond acceptors (Lipinski definition) is 6. The van der Waals surface area contributed by atoms with Crippen LogP contribution in [0.3, 0.4) is 0 Å². The molecule has 0 aliphatic heterocycles. The summed E-state index contributed by atoms with van der Waals surface area (Å²) in [6.07, 6.45) is 6.44. The van der Waals surface area contributed by atoms with E-state index < -0.39 is 0 Å². The Morgan fingerprint density at radius 1 is 1.00 bits per heavy atom. The van der Waals surface area contributed by atoms with E-state index in [1.165, 1.54) is 0 Å². The van der Waals surface area contributed by atoms with Crippen LogP contribution in [0.15, 0.2) is 67.0 Å². The highest BCUT2D eigenvalue weighted by Crippen LogP contribution is 2.36. The van der Waals surface area contributed by atoms with Crippen molar-refractivity contribution in [2.45, 2.75) is 37.8 Å². The molecule has 2 N–H and O–H groups in total. The van der Waals surface area contributed by atoms with Gasteiger partial charge in [-0.25, -0.2) is 9.67 Å². The molecule has 6 rings (SSSR count). The van der Waals surface area contributed by atoms with Crippen molar-refractivity contribution in [3.05, 3.63) is 77.8 Å². The van der Waals surface area contributed by atoms with Crippen molar-refractivity contribution in [3.63, 3.8) is 0 Å². The highest BCUT2D eigenvalue weighted by molar-refractivity contribution is 6.35. The molecular weight excluding hydrogens is 472 g/mol. The van der Waals surface area contributed by atoms with Crippen LogP contribution >= 0.6 is 11.6 Å². The molecule has 0 radical (unpaired) electrons. The van der Waals surface area contributed by atoms with Gasteiger partial charge in [0.15, 0.2) is 10.8 Å². The van der Waals surface area contributed by atoms with Crippen molar-refractivity contribution in [1.82, 2.24) is 19.7 Å². The zero-order valence-corrected chi connectivity index (χ0v) is 20.2. The maximum absolute atomic E-state index is 9.83. The number of fused-ring (bicyclic) bond motifs is 2. The molecule has 0 bridgehead atoms. The number of nitriles is 1. The summed E-state index contributed by atoms with van der Waals surface area (Å²) in [7, 11) is 0. The minimum Gasteiger partial charge on any atom is -0.393 e. The molecule has 1 fully saturated rings. The molecule has 3 heterocycles. The van der Waals surface area contributed by atoms with Gasteiger partial charge in [0.1, 0.15) is 6.07 Å². The van der Waals surface area contributed by atoms with Gasteiger partial charge < -0.3 is 10.4 Å². The molecule has 0 amide bonds. The fourth-order valence-electron chi connectivity index (χ4n) is 4.99. The number of hydrogen-bond donors (Lipinski definition) is 2. The van der Waals surface area contributed by atoms with E-state index in [0.29, 0.717) is 22.2 Å². The van der Waals surface area contributed by atoms with Crippen molar-refractivity contribution in [2.75, 3.05) is 5.32 Å². The first-order valence-corrected chi connectivity index (χ1v) is 12.4. The Balaban J connectivity index is 1.42. The lowest BCUT2D eigenvalue weighted by Crippen LogP contribution is -2.28. The molecule has 1 aliphatic rings. The Kier molecular flexibility index (Phi) is 5.76. The molecule has 2 aromatic carbocycles. The highest BCUT2D eigenvalue weighted by atomic mass is 35.5. The molecular formula is C28H23ClN6O. The van der Waals surface area contributed by atoms with E-state index in [0.717, 1.165) is 58.6 Å². The third-order valence-electron chi connectivity index (χ3n) is 6.85. The van der Waals surface area contributed by atoms with E-state index in [4.69, 9.17) is 11.6 Å². The van der Waals surface area contributed by atoms with Crippen LogP contribution in [0.4, 0.5) is 5.69 Å². The fraction of sp³-hybridized carbons (Fsp3) is 0.214. The Bertz CT molecular complexity index is 1630. The number of nitrogens with zero attached hydrogens (tertiary/aromatic N) is 5. The second-order valence-electron chi connectivity index (χ2n) is 9.17. The Morgan fingerprint density at radius 3 is 2.67 bits per heavy atom. The van der Waals surface area contributed by atoms with Crippen molar-refractivity contribution in [3.8, 4) is 22.9 Å². The van der Waals surface area contributed by atoms with Crippen molar-refractivity contribution in [1.29, 1.82) is 5.26 Å². The normalized spacial score (nSPS) is 17.8. The summed E-state index contributed by atoms with van der Waals surface area (Å²) in [5.74, 6) is 0. The highest BCUT2D eigenvalue weighted by Gasteiger charge is 2.21. The van der Waals surface area contributed by atoms with Gasteiger partial charge >= 0.3 is 0 Å². The molecule has 0 atom stereocenters. The monoisotopic (exact) mass is 494 g/mol. The van der Waals surface area contributed by atoms with Gasteiger partial charge in [0, 0.05) is 28.6 Å². The van der Waals surface area contributed by atoms with E-state index in [-0.39, 0.29) is 12.1 Å². The number of halogens is 1. The molecule has 0 unspecified atom stereocenters. The summed E-state index contributed by atoms with van der Waals surface area (Å²) < 4.78 is 1.76. The summed E-state index contributed by atoms with van der Waals surface area (Å²) >= 11 is 6.70. The van der Waals surface area contributed by atoms with Crippen LogP contribution in [0.2, 0.25) is 5.15 Å². The lowest BCUT2D eigenvalue weighted by Gasteiger charge is -2.27. The van der Waals surface area contributed by atoms with E-state index in [2.05, 4.69) is 32.5 Å². The summed E-state index contributed by atoms with van der Waals surface area (Å²) in [5, 5.41) is 29.8. The average Bonchev–Trinajstić information content (AvgIpc) is 3.26. The molecule has 5 aromatic rings. The number of pyridine rings is 2. The molecule has 0 saturated heterocycles. The van der Waals surface area contributed by atoms with Crippen LogP contribution in [0.25, 0.3) is 38.6 Å². The van der Waals surface area contributed by atoms with Crippen LogP contribution in [0.5, 0.6) is 0 Å². The number of benzene rings is 2. The SMILES string of the molecule is N#Cc1ncc(-n2nc(Cl)c3c(-c4cnc5ccccc5c4)cccc32)cc1N[C@H]1CC[C@H](O)CC1. The molecule has 1 aliphatic carbocycles. The third-order valence-corrected chi connectivity index (χ3v) is 7.11. The van der Waals surface area contributed by atoms with Gasteiger partial charge in [-0.1, -0.05) is 41.9 Å². The van der Waals surface area contributed by atoms with Gasteiger partial charge in [-0.05, 0) is 55.5 Å². The van der Waals surface area contributed by atoms with Crippen LogP contribution in [0, 0.1) is 11.3 Å². The zero-order chi connectivity index (χ0) is 24.6. The van der Waals surface area contributed by atoms with Gasteiger partial charge in [-0.2, -0.15) is 10.4 Å². The lowest BCUT2D eigenvalue weighted by atomic mass is 9.93. The maximum Gasteiger partial charge on any atom is 0.163 e. The quantitative estimate of drug-likeness (QED) is 0.324. The molecule has 1 saturated carbocycles. The minimum atomic E-state index is -0.243. The zero-order valence-electron chi connectivity index (χ0n) is 19.4. The number of aliphatic hydroxyl groups excluding tert-OH is 1. The predicted octanol–water partition coefficient (Wildman–Crippen LogP) is 5.88. The van der Waals surface area contributed by atoms with Crippen LogP contribution in [-0.4, -0.2) is 37.0 Å². The van der Waals surface area contributed by atoms with E-state index in [1.54, 1.807) is 10.9 Å². The second kappa shape index (κ2) is 9.23. The average molecular weight is 495 g/mol. The Labute approximate surface area is 213 Å². The summed E-state index contributed by atoms with van der Waals surface area (Å²) in [5.41, 5.74) is 5.37. The van der Waals surface area contributed by atoms with Crippen LogP contribution < -0.4 is 5.32 Å². The molecule has 36 heavy (non-hydrogen) atoms. The number of rotatable bonds is 4. The second-order valence-corrected chi connectivity index (χ2v) is 9.53. The Morgan fingerprint density at radius 2 is 1.83 bits per heavy atom. The maximum atomic E-state index is 9.83. The largest absolute Gasteiger partial charge is 0.393 e. The van der Waals surface area contributed by atoms with Gasteiger partial charge in [0.05, 0.1) is 34.7 Å². The number of aromatic nitrogens is 4. The number of nitrogens with one attached hydrogen (secondary N) is 1. The van der Waals surface area contributed by atoms with Gasteiger partial charge in [-0.15, -0.1) is 0 Å². The minimum absolute atomic E-state index is 0.183. The fourth-order valence-corrected chi connectivity index (χ4v) is 5.26. The lowest BCUT2D eigenvalue weighted by molar-refractivity contribution is 0.126. The van der Waals surface area contributed by atoms with Crippen molar-refractivity contribution < 1.29 is 5.11 Å². The molecule has 8 heteroatoms. The van der Waals surface area contributed by atoms with E-state index >= 15 is 0 Å². The summed E-state index contributed by atoms with van der Waals surface area (Å²) in [4.78, 5) is 9.01. The van der Waals surface area contributed by atoms with E-state index in [9.17, 15) is 10.4 Å². The number of anilines is 1. The molecule has 7 nitrogen and oxygen atoms in total. The molecule has 3 aromatic heterocycles. The summed E-state index contributed by atoms with van der Waals surface area (Å²) in [6, 6.07) is 20.3. The third kappa shape index (κ3) is 4.05. The topological polar surface area (TPSA) is 99.7 Å². The van der Waals surface area contributed by atoms with E-state index in [1.807, 2.05) is 54.7 Å². The first-order valence-electron chi connectivity index (χ1n) is 12.0.